The van der Waals surface area contributed by atoms with Gasteiger partial charge < -0.3 is 10.5 Å². The van der Waals surface area contributed by atoms with Crippen LogP contribution in [0.3, 0.4) is 0 Å². The molecule has 0 radical (unpaired) electrons. The summed E-state index contributed by atoms with van der Waals surface area (Å²) >= 11 is 4.86. The van der Waals surface area contributed by atoms with Crippen LogP contribution in [0.1, 0.15) is 13.8 Å². The van der Waals surface area contributed by atoms with Crippen LogP contribution >= 0.6 is 12.2 Å². The summed E-state index contributed by atoms with van der Waals surface area (Å²) in [6, 6.07) is 0. The highest BCUT2D eigenvalue weighted by Crippen LogP contribution is 2.00. The van der Waals surface area contributed by atoms with Gasteiger partial charge in [-0.25, -0.2) is 0 Å². The maximum Gasteiger partial charge on any atom is 0.319 e. The molecule has 0 aliphatic rings. The predicted octanol–water partition coefficient (Wildman–Crippen LogP) is 0.404. The maximum absolute atomic E-state index is 11.0. The number of nitrogens with zero attached hydrogens (tertiary/aromatic N) is 1. The normalized spacial score (nSPS) is 12.6. The molecule has 0 heterocycles. The first-order valence-electron chi connectivity index (χ1n) is 4.59. The van der Waals surface area contributed by atoms with Crippen molar-refractivity contribution >= 4 is 23.2 Å². The van der Waals surface area contributed by atoms with Gasteiger partial charge >= 0.3 is 5.97 Å². The molecule has 1 atom stereocenters. The Bertz CT molecular complexity index is 209. The zero-order chi connectivity index (χ0) is 11.1. The number of nitrogens with two attached hydrogens (primary N) is 1. The van der Waals surface area contributed by atoms with Crippen LogP contribution in [0, 0.1) is 5.92 Å². The highest BCUT2D eigenvalue weighted by molar-refractivity contribution is 7.80. The standard InChI is InChI=1S/C9H18N2O2S/c1-4-11(6-8(12)13-3)5-7(2)9(10)14/h7H,4-6H2,1-3H3,(H2,10,14). The zero-order valence-corrected chi connectivity index (χ0v) is 9.76. The molecule has 0 saturated heterocycles. The Balaban J connectivity index is 4.02. The van der Waals surface area contributed by atoms with Crippen molar-refractivity contribution in [1.82, 2.24) is 4.90 Å². The molecular weight excluding hydrogens is 200 g/mol. The third kappa shape index (κ3) is 5.14. The molecule has 0 aromatic carbocycles. The van der Waals surface area contributed by atoms with Gasteiger partial charge in [-0.3, -0.25) is 9.69 Å². The smallest absolute Gasteiger partial charge is 0.319 e. The maximum atomic E-state index is 11.0. The third-order valence-electron chi connectivity index (χ3n) is 2.05. The van der Waals surface area contributed by atoms with Crippen LogP contribution in [0.5, 0.6) is 0 Å². The summed E-state index contributed by atoms with van der Waals surface area (Å²) in [5, 5.41) is 0. The van der Waals surface area contributed by atoms with Gasteiger partial charge in [0.2, 0.25) is 0 Å². The number of methoxy groups -OCH3 is 1. The Kier molecular flexibility index (Phi) is 6.40. The highest BCUT2D eigenvalue weighted by atomic mass is 32.1. The highest BCUT2D eigenvalue weighted by Gasteiger charge is 2.13. The molecule has 0 aliphatic carbocycles. The van der Waals surface area contributed by atoms with Gasteiger partial charge in [-0.2, -0.15) is 0 Å². The van der Waals surface area contributed by atoms with Crippen molar-refractivity contribution in [1.29, 1.82) is 0 Å². The lowest BCUT2D eigenvalue weighted by atomic mass is 10.1. The molecule has 0 saturated carbocycles. The minimum Gasteiger partial charge on any atom is -0.468 e. The molecule has 82 valence electrons. The Morgan fingerprint density at radius 3 is 2.57 bits per heavy atom. The molecule has 14 heavy (non-hydrogen) atoms. The van der Waals surface area contributed by atoms with Gasteiger partial charge in [0.15, 0.2) is 0 Å². The minimum absolute atomic E-state index is 0.120. The largest absolute Gasteiger partial charge is 0.468 e. The summed E-state index contributed by atoms with van der Waals surface area (Å²) in [5.41, 5.74) is 5.49. The van der Waals surface area contributed by atoms with Gasteiger partial charge in [-0.15, -0.1) is 0 Å². The van der Waals surface area contributed by atoms with Crippen molar-refractivity contribution in [3.05, 3.63) is 0 Å². The number of esters is 1. The van der Waals surface area contributed by atoms with Crippen LogP contribution < -0.4 is 5.73 Å². The second kappa shape index (κ2) is 6.73. The summed E-state index contributed by atoms with van der Waals surface area (Å²) in [6.45, 7) is 5.69. The zero-order valence-electron chi connectivity index (χ0n) is 8.95. The molecule has 0 aliphatic heterocycles. The van der Waals surface area contributed by atoms with Crippen molar-refractivity contribution in [2.45, 2.75) is 13.8 Å². The molecular formula is C9H18N2O2S. The third-order valence-corrected chi connectivity index (χ3v) is 2.45. The fraction of sp³-hybridized carbons (Fsp3) is 0.778. The predicted molar refractivity (Wildman–Crippen MR) is 60.1 cm³/mol. The molecule has 0 fully saturated rings. The fourth-order valence-electron chi connectivity index (χ4n) is 1.03. The molecule has 0 amide bonds. The van der Waals surface area contributed by atoms with E-state index in [2.05, 4.69) is 4.74 Å². The first-order valence-corrected chi connectivity index (χ1v) is 5.00. The van der Waals surface area contributed by atoms with Crippen LogP contribution in [-0.2, 0) is 9.53 Å². The number of thiocarbonyl (C=S) groups is 1. The van der Waals surface area contributed by atoms with Gasteiger partial charge in [-0.1, -0.05) is 26.1 Å². The average molecular weight is 218 g/mol. The van der Waals surface area contributed by atoms with Crippen LogP contribution in [0.2, 0.25) is 0 Å². The lowest BCUT2D eigenvalue weighted by Crippen LogP contribution is -2.37. The molecule has 2 N–H and O–H groups in total. The number of carbonyl (C=O) groups is 1. The van der Waals surface area contributed by atoms with E-state index < -0.39 is 0 Å². The first kappa shape index (κ1) is 13.3. The number of hydrogen-bond donors (Lipinski definition) is 1. The van der Waals surface area contributed by atoms with Crippen LogP contribution in [-0.4, -0.2) is 42.6 Å². The van der Waals surface area contributed by atoms with Crippen molar-refractivity contribution in [2.24, 2.45) is 11.7 Å². The summed E-state index contributed by atoms with van der Waals surface area (Å²) in [5.74, 6) is -0.114. The van der Waals surface area contributed by atoms with Crippen molar-refractivity contribution in [3.63, 3.8) is 0 Å². The first-order chi connectivity index (χ1) is 6.51. The van der Waals surface area contributed by atoms with Crippen molar-refractivity contribution < 1.29 is 9.53 Å². The van der Waals surface area contributed by atoms with E-state index in [1.54, 1.807) is 0 Å². The minimum atomic E-state index is -0.234. The lowest BCUT2D eigenvalue weighted by molar-refractivity contribution is -0.141. The molecule has 0 spiro atoms. The number of rotatable bonds is 6. The van der Waals surface area contributed by atoms with E-state index >= 15 is 0 Å². The number of carbonyl (C=O) groups excluding carboxylic acids is 1. The van der Waals surface area contributed by atoms with Crippen molar-refractivity contribution in [3.8, 4) is 0 Å². The summed E-state index contributed by atoms with van der Waals surface area (Å²) < 4.78 is 4.58. The average Bonchev–Trinajstić information content (AvgIpc) is 2.16. The second-order valence-corrected chi connectivity index (χ2v) is 3.68. The molecule has 1 unspecified atom stereocenters. The second-order valence-electron chi connectivity index (χ2n) is 3.21. The van der Waals surface area contributed by atoms with Gasteiger partial charge in [0.25, 0.3) is 0 Å². The molecule has 5 heteroatoms. The molecule has 4 nitrogen and oxygen atoms in total. The van der Waals surface area contributed by atoms with Gasteiger partial charge in [-0.05, 0) is 6.54 Å². The van der Waals surface area contributed by atoms with Gasteiger partial charge in [0.1, 0.15) is 0 Å². The number of likely N-dealkylation sites (N-methyl/N-ethyl adjacent to an activating group) is 1. The van der Waals surface area contributed by atoms with Gasteiger partial charge in [0.05, 0.1) is 18.6 Å². The monoisotopic (exact) mass is 218 g/mol. The fourth-order valence-corrected chi connectivity index (χ4v) is 1.10. The van der Waals surface area contributed by atoms with E-state index in [0.29, 0.717) is 18.1 Å². The topological polar surface area (TPSA) is 55.6 Å². The van der Waals surface area contributed by atoms with E-state index in [-0.39, 0.29) is 11.9 Å². The van der Waals surface area contributed by atoms with E-state index in [0.717, 1.165) is 6.54 Å². The van der Waals surface area contributed by atoms with Gasteiger partial charge in [0, 0.05) is 12.5 Å². The Labute approximate surface area is 90.4 Å². The van der Waals surface area contributed by atoms with Crippen molar-refractivity contribution in [2.75, 3.05) is 26.7 Å². The van der Waals surface area contributed by atoms with Crippen LogP contribution in [0.25, 0.3) is 0 Å². The Morgan fingerprint density at radius 1 is 1.64 bits per heavy atom. The van der Waals surface area contributed by atoms with E-state index in [4.69, 9.17) is 18.0 Å². The van der Waals surface area contributed by atoms with Crippen LogP contribution in [0.4, 0.5) is 0 Å². The van der Waals surface area contributed by atoms with E-state index in [1.165, 1.54) is 7.11 Å². The molecule has 0 aromatic rings. The molecule has 0 aromatic heterocycles. The SMILES string of the molecule is CCN(CC(=O)OC)CC(C)C(N)=S. The quantitative estimate of drug-likeness (QED) is 0.517. The van der Waals surface area contributed by atoms with Crippen LogP contribution in [0.15, 0.2) is 0 Å². The number of hydrogen-bond acceptors (Lipinski definition) is 4. The summed E-state index contributed by atoms with van der Waals surface area (Å²) in [4.78, 5) is 13.4. The summed E-state index contributed by atoms with van der Waals surface area (Å²) in [7, 11) is 1.38. The van der Waals surface area contributed by atoms with E-state index in [1.807, 2.05) is 18.7 Å². The lowest BCUT2D eigenvalue weighted by Gasteiger charge is -2.22. The van der Waals surface area contributed by atoms with E-state index in [9.17, 15) is 4.79 Å². The Morgan fingerprint density at radius 2 is 2.21 bits per heavy atom. The summed E-state index contributed by atoms with van der Waals surface area (Å²) in [6.07, 6.45) is 0. The number of ether oxygens (including phenoxy) is 1. The molecule has 0 bridgehead atoms. The Hall–Kier alpha value is -0.680. The molecule has 0 rings (SSSR count).